The van der Waals surface area contributed by atoms with Gasteiger partial charge >= 0.3 is 0 Å². The number of hydrogen-bond donors (Lipinski definition) is 2. The zero-order chi connectivity index (χ0) is 12.7. The Hall–Kier alpha value is -1.23. The molecule has 0 aromatic carbocycles. The average Bonchev–Trinajstić information content (AvgIpc) is 2.36. The first kappa shape index (κ1) is 13.8. The van der Waals surface area contributed by atoms with Gasteiger partial charge in [0.05, 0.1) is 0 Å². The molecule has 0 spiro atoms. The number of aromatic nitrogens is 1. The second kappa shape index (κ2) is 7.17. The lowest BCUT2D eigenvalue weighted by Gasteiger charge is -2.12. The Balaban J connectivity index is 2.56. The number of carbonyl (C=O) groups excluding carboxylic acids is 1. The maximum atomic E-state index is 11.9. The molecule has 94 valence electrons. The third-order valence-corrected chi connectivity index (χ3v) is 3.37. The molecule has 0 saturated carbocycles. The van der Waals surface area contributed by atoms with E-state index < -0.39 is 0 Å². The molecule has 0 fully saturated rings. The van der Waals surface area contributed by atoms with Crippen LogP contribution in [0.5, 0.6) is 0 Å². The van der Waals surface area contributed by atoms with Crippen molar-refractivity contribution in [3.8, 4) is 0 Å². The summed E-state index contributed by atoms with van der Waals surface area (Å²) >= 11 is 1.81. The third kappa shape index (κ3) is 4.65. The second-order valence-corrected chi connectivity index (χ2v) is 5.03. The Kier molecular flexibility index (Phi) is 5.83. The molecule has 2 N–H and O–H groups in total. The summed E-state index contributed by atoms with van der Waals surface area (Å²) in [5, 5.41) is 5.92. The quantitative estimate of drug-likeness (QED) is 0.814. The lowest BCUT2D eigenvalue weighted by molar-refractivity contribution is 0.0939. The highest BCUT2D eigenvalue weighted by Gasteiger charge is 2.10. The molecule has 1 aromatic heterocycles. The smallest absolute Gasteiger partial charge is 0.270 e. The monoisotopic (exact) mass is 253 g/mol. The van der Waals surface area contributed by atoms with E-state index in [-0.39, 0.29) is 11.9 Å². The summed E-state index contributed by atoms with van der Waals surface area (Å²) < 4.78 is 0. The lowest BCUT2D eigenvalue weighted by atomic mass is 10.3. The summed E-state index contributed by atoms with van der Waals surface area (Å²) in [4.78, 5) is 15.9. The standard InChI is InChI=1S/C12H19N3OS/c1-4-17-8-9(2)15-12(16)11-7-10(13-3)5-6-14-11/h5-7,9H,4,8H2,1-3H3,(H,13,14)(H,15,16). The number of pyridine rings is 1. The van der Waals surface area contributed by atoms with E-state index >= 15 is 0 Å². The lowest BCUT2D eigenvalue weighted by Crippen LogP contribution is -2.34. The van der Waals surface area contributed by atoms with Gasteiger partial charge in [-0.3, -0.25) is 9.78 Å². The zero-order valence-electron chi connectivity index (χ0n) is 10.5. The van der Waals surface area contributed by atoms with E-state index in [4.69, 9.17) is 0 Å². The van der Waals surface area contributed by atoms with Crippen LogP contribution in [0.1, 0.15) is 24.3 Å². The Morgan fingerprint density at radius 1 is 1.59 bits per heavy atom. The molecule has 0 saturated heterocycles. The van der Waals surface area contributed by atoms with E-state index in [1.807, 2.05) is 31.8 Å². The Bertz CT molecular complexity index is 371. The van der Waals surface area contributed by atoms with E-state index in [1.54, 1.807) is 12.3 Å². The number of nitrogens with zero attached hydrogens (tertiary/aromatic N) is 1. The van der Waals surface area contributed by atoms with Crippen LogP contribution in [0.15, 0.2) is 18.3 Å². The highest BCUT2D eigenvalue weighted by Crippen LogP contribution is 2.07. The number of amides is 1. The summed E-state index contributed by atoms with van der Waals surface area (Å²) in [6, 6.07) is 3.73. The maximum absolute atomic E-state index is 11.9. The van der Waals surface area contributed by atoms with Gasteiger partial charge in [-0.1, -0.05) is 6.92 Å². The highest BCUT2D eigenvalue weighted by atomic mass is 32.2. The molecule has 1 heterocycles. The maximum Gasteiger partial charge on any atom is 0.270 e. The molecule has 0 aliphatic heterocycles. The van der Waals surface area contributed by atoms with Gasteiger partial charge in [-0.25, -0.2) is 0 Å². The van der Waals surface area contributed by atoms with Crippen LogP contribution in [0.4, 0.5) is 5.69 Å². The van der Waals surface area contributed by atoms with Crippen LogP contribution in [-0.2, 0) is 0 Å². The minimum Gasteiger partial charge on any atom is -0.388 e. The first-order valence-electron chi connectivity index (χ1n) is 5.69. The number of nitrogens with one attached hydrogen (secondary N) is 2. The topological polar surface area (TPSA) is 54.0 Å². The number of carbonyl (C=O) groups is 1. The van der Waals surface area contributed by atoms with Crippen LogP contribution in [0.2, 0.25) is 0 Å². The Labute approximate surface area is 107 Å². The molecule has 0 bridgehead atoms. The van der Waals surface area contributed by atoms with Gasteiger partial charge in [0.25, 0.3) is 5.91 Å². The number of anilines is 1. The van der Waals surface area contributed by atoms with Gasteiger partial charge in [-0.15, -0.1) is 0 Å². The van der Waals surface area contributed by atoms with Crippen molar-refractivity contribution in [2.45, 2.75) is 19.9 Å². The summed E-state index contributed by atoms with van der Waals surface area (Å²) in [5.41, 5.74) is 1.34. The largest absolute Gasteiger partial charge is 0.388 e. The number of rotatable bonds is 6. The van der Waals surface area contributed by atoms with E-state index in [2.05, 4.69) is 22.5 Å². The Morgan fingerprint density at radius 3 is 3.00 bits per heavy atom. The fourth-order valence-electron chi connectivity index (χ4n) is 1.34. The van der Waals surface area contributed by atoms with Gasteiger partial charge in [0, 0.05) is 30.7 Å². The summed E-state index contributed by atoms with van der Waals surface area (Å²) in [6.07, 6.45) is 1.63. The van der Waals surface area contributed by atoms with Gasteiger partial charge in [0.2, 0.25) is 0 Å². The minimum absolute atomic E-state index is 0.119. The Morgan fingerprint density at radius 2 is 2.35 bits per heavy atom. The van der Waals surface area contributed by atoms with Crippen molar-refractivity contribution in [1.29, 1.82) is 0 Å². The van der Waals surface area contributed by atoms with Crippen molar-refractivity contribution >= 4 is 23.4 Å². The second-order valence-electron chi connectivity index (χ2n) is 3.71. The molecule has 1 rings (SSSR count). The third-order valence-electron chi connectivity index (χ3n) is 2.23. The molecular formula is C12H19N3OS. The molecular weight excluding hydrogens is 234 g/mol. The van der Waals surface area contributed by atoms with Crippen molar-refractivity contribution in [2.75, 3.05) is 23.9 Å². The molecule has 1 amide bonds. The summed E-state index contributed by atoms with van der Waals surface area (Å²) in [5.74, 6) is 1.87. The molecule has 5 heteroatoms. The number of hydrogen-bond acceptors (Lipinski definition) is 4. The fourth-order valence-corrected chi connectivity index (χ4v) is 2.02. The minimum atomic E-state index is -0.119. The highest BCUT2D eigenvalue weighted by molar-refractivity contribution is 7.99. The van der Waals surface area contributed by atoms with Gasteiger partial charge in [0.15, 0.2) is 0 Å². The van der Waals surface area contributed by atoms with Crippen molar-refractivity contribution in [3.63, 3.8) is 0 Å². The molecule has 0 aliphatic rings. The van der Waals surface area contributed by atoms with Crippen LogP contribution >= 0.6 is 11.8 Å². The molecule has 17 heavy (non-hydrogen) atoms. The van der Waals surface area contributed by atoms with Gasteiger partial charge in [-0.05, 0) is 24.8 Å². The van der Waals surface area contributed by atoms with Crippen molar-refractivity contribution in [1.82, 2.24) is 10.3 Å². The van der Waals surface area contributed by atoms with Crippen LogP contribution in [0.3, 0.4) is 0 Å². The van der Waals surface area contributed by atoms with E-state index in [0.29, 0.717) is 5.69 Å². The molecule has 0 aliphatic carbocycles. The van der Waals surface area contributed by atoms with Crippen molar-refractivity contribution in [2.24, 2.45) is 0 Å². The van der Waals surface area contributed by atoms with E-state index in [9.17, 15) is 4.79 Å². The van der Waals surface area contributed by atoms with E-state index in [0.717, 1.165) is 17.2 Å². The number of thioether (sulfide) groups is 1. The predicted molar refractivity (Wildman–Crippen MR) is 73.7 cm³/mol. The molecule has 4 nitrogen and oxygen atoms in total. The first-order chi connectivity index (χ1) is 8.17. The first-order valence-corrected chi connectivity index (χ1v) is 6.85. The van der Waals surface area contributed by atoms with Gasteiger partial charge in [-0.2, -0.15) is 11.8 Å². The SMILES string of the molecule is CCSCC(C)NC(=O)c1cc(NC)ccn1. The normalized spacial score (nSPS) is 11.9. The van der Waals surface area contributed by atoms with Gasteiger partial charge in [0.1, 0.15) is 5.69 Å². The van der Waals surface area contributed by atoms with Crippen LogP contribution in [-0.4, -0.2) is 35.5 Å². The van der Waals surface area contributed by atoms with Crippen LogP contribution < -0.4 is 10.6 Å². The summed E-state index contributed by atoms with van der Waals surface area (Å²) in [7, 11) is 1.82. The summed E-state index contributed by atoms with van der Waals surface area (Å²) in [6.45, 7) is 4.11. The molecule has 1 unspecified atom stereocenters. The average molecular weight is 253 g/mol. The van der Waals surface area contributed by atoms with Gasteiger partial charge < -0.3 is 10.6 Å². The van der Waals surface area contributed by atoms with Crippen LogP contribution in [0.25, 0.3) is 0 Å². The van der Waals surface area contributed by atoms with E-state index in [1.165, 1.54) is 0 Å². The molecule has 0 radical (unpaired) electrons. The predicted octanol–water partition coefficient (Wildman–Crippen LogP) is 1.99. The zero-order valence-corrected chi connectivity index (χ0v) is 11.3. The van der Waals surface area contributed by atoms with Crippen LogP contribution in [0, 0.1) is 0 Å². The fraction of sp³-hybridized carbons (Fsp3) is 0.500. The van der Waals surface area contributed by atoms with Crippen molar-refractivity contribution < 1.29 is 4.79 Å². The molecule has 1 aromatic rings. The molecule has 1 atom stereocenters. The van der Waals surface area contributed by atoms with Crippen molar-refractivity contribution in [3.05, 3.63) is 24.0 Å².